The number of nitrogens with two attached hydrogens (primary N) is 2. The Morgan fingerprint density at radius 3 is 2.31 bits per heavy atom. The minimum Gasteiger partial charge on any atom is -0.497 e. The van der Waals surface area contributed by atoms with E-state index in [-0.39, 0.29) is 35.0 Å². The molecular formula is C48H56ClF6N9O3. The van der Waals surface area contributed by atoms with Crippen LogP contribution in [0.15, 0.2) is 102 Å². The summed E-state index contributed by atoms with van der Waals surface area (Å²) in [5, 5.41) is 29.1. The molecule has 0 radical (unpaired) electrons. The normalized spacial score (nSPS) is 22.0. The van der Waals surface area contributed by atoms with Gasteiger partial charge in [0.1, 0.15) is 11.4 Å². The fourth-order valence-electron chi connectivity index (χ4n) is 8.83. The van der Waals surface area contributed by atoms with E-state index < -0.39 is 47.4 Å². The zero-order chi connectivity index (χ0) is 48.6. The van der Waals surface area contributed by atoms with Gasteiger partial charge >= 0.3 is 12.4 Å². The predicted octanol–water partition coefficient (Wildman–Crippen LogP) is 9.41. The van der Waals surface area contributed by atoms with Crippen molar-refractivity contribution in [3.63, 3.8) is 0 Å². The second kappa shape index (κ2) is 22.1. The Morgan fingerprint density at radius 1 is 0.955 bits per heavy atom. The molecule has 4 aliphatic rings. The second-order valence-corrected chi connectivity index (χ2v) is 17.4. The smallest absolute Gasteiger partial charge is 0.433 e. The molecule has 2 bridgehead atoms. The van der Waals surface area contributed by atoms with Crippen LogP contribution in [0.25, 0.3) is 21.8 Å². The van der Waals surface area contributed by atoms with Crippen LogP contribution in [-0.4, -0.2) is 81.9 Å². The highest BCUT2D eigenvalue weighted by Crippen LogP contribution is 2.43. The molecule has 0 spiro atoms. The van der Waals surface area contributed by atoms with E-state index in [2.05, 4.69) is 48.1 Å². The van der Waals surface area contributed by atoms with Crippen molar-refractivity contribution in [3.8, 4) is 5.75 Å². The number of ether oxygens (including phenoxy) is 1. The average molecular weight is 956 g/mol. The number of rotatable bonds is 8. The molecule has 7 unspecified atom stereocenters. The number of aliphatic imine (C=N–C) groups is 2. The van der Waals surface area contributed by atoms with Crippen molar-refractivity contribution in [1.29, 1.82) is 0 Å². The predicted molar refractivity (Wildman–Crippen MR) is 251 cm³/mol. The fourth-order valence-corrected chi connectivity index (χ4v) is 8.95. The first-order chi connectivity index (χ1) is 31.8. The lowest BCUT2D eigenvalue weighted by molar-refractivity contribution is -0.142. The number of hydrogen-bond donors (Lipinski definition) is 6. The summed E-state index contributed by atoms with van der Waals surface area (Å²) in [7, 11) is 1.66. The number of aliphatic hydroxyl groups excluding tert-OH is 2. The van der Waals surface area contributed by atoms with Crippen LogP contribution in [0, 0.1) is 11.8 Å². The van der Waals surface area contributed by atoms with E-state index in [9.17, 15) is 36.6 Å². The van der Waals surface area contributed by atoms with Crippen molar-refractivity contribution >= 4 is 51.0 Å². The van der Waals surface area contributed by atoms with Crippen molar-refractivity contribution < 1.29 is 41.3 Å². The zero-order valence-corrected chi connectivity index (χ0v) is 38.1. The van der Waals surface area contributed by atoms with Gasteiger partial charge in [-0.05, 0) is 136 Å². The molecule has 5 aromatic rings. The maximum absolute atomic E-state index is 13.2. The maximum Gasteiger partial charge on any atom is 0.433 e. The zero-order valence-electron chi connectivity index (χ0n) is 37.3. The van der Waals surface area contributed by atoms with Gasteiger partial charge in [0, 0.05) is 52.3 Å². The number of aromatic nitrogens is 2. The summed E-state index contributed by atoms with van der Waals surface area (Å²) in [4.78, 5) is 18.0. The molecule has 12 nitrogen and oxygen atoms in total. The number of methoxy groups -OCH3 is 1. The third kappa shape index (κ3) is 12.9. The number of piperidine rings is 4. The SMILES string of the molecule is C=CC1CN2CCC1CC2C(O)c1ccnc2ccc(OC)cc12.CC(C)N=C(N)N=C(N)Nc1ccc(Cl)cc1.OC(c1cc(C(F)(F)F)nc2c(C(F)(F)F)cccc12)C1CCCCN1. The largest absolute Gasteiger partial charge is 0.497 e. The number of hydrogen-bond acceptors (Lipinski definition) is 8. The van der Waals surface area contributed by atoms with Gasteiger partial charge in [-0.3, -0.25) is 9.88 Å². The van der Waals surface area contributed by atoms with Gasteiger partial charge in [-0.15, -0.1) is 6.58 Å². The maximum atomic E-state index is 13.2. The summed E-state index contributed by atoms with van der Waals surface area (Å²) in [5.41, 5.74) is 10.2. The molecule has 360 valence electrons. The molecule has 2 aromatic heterocycles. The third-order valence-electron chi connectivity index (χ3n) is 12.1. The molecule has 0 aliphatic carbocycles. The summed E-state index contributed by atoms with van der Waals surface area (Å²) < 4.78 is 84.6. The van der Waals surface area contributed by atoms with Crippen LogP contribution in [0.2, 0.25) is 5.02 Å². The molecule has 67 heavy (non-hydrogen) atoms. The number of para-hydroxylation sites is 1. The summed E-state index contributed by atoms with van der Waals surface area (Å²) >= 11 is 5.76. The number of alkyl halides is 6. The van der Waals surface area contributed by atoms with E-state index in [1.807, 2.05) is 38.1 Å². The van der Waals surface area contributed by atoms with Crippen molar-refractivity contribution in [2.45, 2.75) is 88.6 Å². The molecule has 8 N–H and O–H groups in total. The molecule has 9 rings (SSSR count). The minimum atomic E-state index is -4.93. The highest BCUT2D eigenvalue weighted by atomic mass is 35.5. The lowest BCUT2D eigenvalue weighted by atomic mass is 9.73. The van der Waals surface area contributed by atoms with Crippen LogP contribution >= 0.6 is 11.6 Å². The Bertz CT molecular complexity index is 2530. The van der Waals surface area contributed by atoms with Gasteiger partial charge in [-0.2, -0.15) is 31.3 Å². The van der Waals surface area contributed by atoms with Crippen LogP contribution in [0.4, 0.5) is 32.0 Å². The van der Waals surface area contributed by atoms with Gasteiger partial charge in [0.2, 0.25) is 11.9 Å². The van der Waals surface area contributed by atoms with E-state index in [4.69, 9.17) is 27.8 Å². The Hall–Kier alpha value is -5.53. The number of nitrogens with zero attached hydrogens (tertiary/aromatic N) is 5. The molecule has 6 heterocycles. The lowest BCUT2D eigenvalue weighted by Gasteiger charge is -2.50. The minimum absolute atomic E-state index is 0.0853. The number of fused-ring (bicyclic) bond motifs is 5. The van der Waals surface area contributed by atoms with Gasteiger partial charge in [0.25, 0.3) is 0 Å². The lowest BCUT2D eigenvalue weighted by Crippen LogP contribution is -2.54. The van der Waals surface area contributed by atoms with Crippen LogP contribution < -0.4 is 26.8 Å². The number of aliphatic hydroxyl groups is 2. The first-order valence-corrected chi connectivity index (χ1v) is 22.3. The molecule has 0 amide bonds. The van der Waals surface area contributed by atoms with E-state index in [0.29, 0.717) is 42.0 Å². The Labute approximate surface area is 390 Å². The second-order valence-electron chi connectivity index (χ2n) is 17.0. The molecule has 4 aliphatic heterocycles. The highest BCUT2D eigenvalue weighted by Gasteiger charge is 2.43. The molecule has 19 heteroatoms. The number of halogens is 7. The summed E-state index contributed by atoms with van der Waals surface area (Å²) in [6.07, 6.45) is -3.38. The number of pyridine rings is 2. The van der Waals surface area contributed by atoms with Crippen LogP contribution in [0.3, 0.4) is 0 Å². The quantitative estimate of drug-likeness (QED) is 0.0380. The Morgan fingerprint density at radius 2 is 1.70 bits per heavy atom. The monoisotopic (exact) mass is 955 g/mol. The number of guanidine groups is 2. The van der Waals surface area contributed by atoms with E-state index in [1.165, 1.54) is 12.5 Å². The van der Waals surface area contributed by atoms with Crippen LogP contribution in [0.1, 0.15) is 80.5 Å². The van der Waals surface area contributed by atoms with Crippen molar-refractivity contribution in [2.24, 2.45) is 33.3 Å². The highest BCUT2D eigenvalue weighted by molar-refractivity contribution is 6.30. The van der Waals surface area contributed by atoms with E-state index in [1.54, 1.807) is 37.6 Å². The molecule has 7 atom stereocenters. The van der Waals surface area contributed by atoms with E-state index >= 15 is 0 Å². The average Bonchev–Trinajstić information content (AvgIpc) is 3.30. The first kappa shape index (κ1) is 50.9. The van der Waals surface area contributed by atoms with Gasteiger partial charge < -0.3 is 37.1 Å². The molecular weight excluding hydrogens is 900 g/mol. The number of benzene rings is 3. The van der Waals surface area contributed by atoms with Crippen LogP contribution in [-0.2, 0) is 12.4 Å². The molecule has 3 aromatic carbocycles. The van der Waals surface area contributed by atoms with Crippen molar-refractivity contribution in [3.05, 3.63) is 119 Å². The standard InChI is InChI=1S/C20H24N2O2.C17H16F6N2O.C11H16ClN5/c1-3-13-12-22-9-7-14(13)10-19(22)20(23)16-6-8-21-18-5-4-15(24-2)11-17(16)18;18-16(19,20)11-5-3-4-9-10(15(26)12-6-1-2-7-24-12)8-13(17(21,22)23)25-14(9)11;1-7(2)15-10(13)17-11(14)16-9-5-3-8(12)4-6-9/h3-6,8,11,13-14,19-20,23H,1,7,9-10,12H2,2H3;3-5,8,12,15,24,26H,1-2,6-7H2;3-7H,1-2H3,(H5,13,14,15,16,17). The van der Waals surface area contributed by atoms with Crippen molar-refractivity contribution in [1.82, 2.24) is 20.2 Å². The fraction of sp³-hybridized carbons (Fsp3) is 0.417. The topological polar surface area (TPSA) is 180 Å². The van der Waals surface area contributed by atoms with Gasteiger partial charge in [0.05, 0.1) is 35.9 Å². The summed E-state index contributed by atoms with van der Waals surface area (Å²) in [5.74, 6) is 2.35. The molecule has 4 fully saturated rings. The van der Waals surface area contributed by atoms with Gasteiger partial charge in [-0.25, -0.2) is 9.98 Å². The number of nitrogens with one attached hydrogen (secondary N) is 2. The Kier molecular flexibility index (Phi) is 16.7. The molecule has 4 saturated heterocycles. The van der Waals surface area contributed by atoms with E-state index in [0.717, 1.165) is 66.3 Å². The Balaban J connectivity index is 0.000000170. The summed E-state index contributed by atoms with van der Waals surface area (Å²) in [6, 6.07) is 18.3. The van der Waals surface area contributed by atoms with Crippen LogP contribution in [0.5, 0.6) is 5.75 Å². The van der Waals surface area contributed by atoms with Crippen molar-refractivity contribution in [2.75, 3.05) is 32.1 Å². The van der Waals surface area contributed by atoms with Gasteiger partial charge in [0.15, 0.2) is 0 Å². The van der Waals surface area contributed by atoms with Gasteiger partial charge in [-0.1, -0.05) is 36.2 Å². The first-order valence-electron chi connectivity index (χ1n) is 21.9. The molecule has 0 saturated carbocycles. The summed E-state index contributed by atoms with van der Waals surface area (Å²) in [6.45, 7) is 10.5. The third-order valence-corrected chi connectivity index (χ3v) is 12.3. The number of anilines is 1.